The molecule has 1 atom stereocenters. The normalized spacial score (nSPS) is 31.1. The molecule has 3 N–H and O–H groups in total. The summed E-state index contributed by atoms with van der Waals surface area (Å²) in [4.78, 5) is 0. The van der Waals surface area contributed by atoms with Gasteiger partial charge in [0.05, 0.1) is 5.54 Å². The van der Waals surface area contributed by atoms with Gasteiger partial charge in [0, 0.05) is 25.2 Å². The summed E-state index contributed by atoms with van der Waals surface area (Å²) in [5.74, 6) is 0. The lowest BCUT2D eigenvalue weighted by Gasteiger charge is -2.25. The maximum Gasteiger partial charge on any atom is 0.0550 e. The van der Waals surface area contributed by atoms with Crippen molar-refractivity contribution in [1.29, 1.82) is 0 Å². The number of likely N-dealkylation sites (N-methyl/N-ethyl adjacent to an activating group) is 1. The van der Waals surface area contributed by atoms with Crippen molar-refractivity contribution in [1.82, 2.24) is 14.8 Å². The summed E-state index contributed by atoms with van der Waals surface area (Å²) < 4.78 is 6.64. The third kappa shape index (κ3) is 2.33. The van der Waals surface area contributed by atoms with Gasteiger partial charge < -0.3 is 5.32 Å². The van der Waals surface area contributed by atoms with Crippen LogP contribution in [-0.4, -0.2) is 25.2 Å². The number of hydrogen-bond acceptors (Lipinski definition) is 4. The zero-order valence-electron chi connectivity index (χ0n) is 7.24. The average molecular weight is 175 g/mol. The van der Waals surface area contributed by atoms with Gasteiger partial charge in [0.2, 0.25) is 0 Å². The van der Waals surface area contributed by atoms with E-state index in [9.17, 15) is 0 Å². The molecule has 1 rings (SSSR count). The Hall–Kier alpha value is 0.230. The minimum Gasteiger partial charge on any atom is -0.315 e. The molecule has 0 aliphatic carbocycles. The molecule has 3 nitrogen and oxygen atoms in total. The van der Waals surface area contributed by atoms with Gasteiger partial charge in [0.25, 0.3) is 0 Å². The van der Waals surface area contributed by atoms with E-state index in [1.165, 1.54) is 6.42 Å². The molecule has 0 amide bonds. The lowest BCUT2D eigenvalue weighted by molar-refractivity contribution is 0.380. The van der Waals surface area contributed by atoms with Gasteiger partial charge in [-0.3, -0.25) is 0 Å². The fourth-order valence-electron chi connectivity index (χ4n) is 1.14. The number of nitrogens with one attached hydrogen (secondary N) is 3. The summed E-state index contributed by atoms with van der Waals surface area (Å²) in [6.45, 7) is 7.52. The molecule has 66 valence electrons. The Labute approximate surface area is 73.0 Å². The Morgan fingerprint density at radius 2 is 2.36 bits per heavy atom. The van der Waals surface area contributed by atoms with Gasteiger partial charge in [-0.2, -0.15) is 0 Å². The third-order valence-electron chi connectivity index (χ3n) is 2.14. The van der Waals surface area contributed by atoms with Gasteiger partial charge in [-0.15, -0.1) is 0 Å². The highest BCUT2D eigenvalue weighted by atomic mass is 32.2. The van der Waals surface area contributed by atoms with Gasteiger partial charge >= 0.3 is 0 Å². The van der Waals surface area contributed by atoms with Crippen molar-refractivity contribution in [3.63, 3.8) is 0 Å². The SMILES string of the molecule is CCNCC1(CC)CNSN1. The van der Waals surface area contributed by atoms with Crippen LogP contribution in [0.3, 0.4) is 0 Å². The van der Waals surface area contributed by atoms with E-state index >= 15 is 0 Å². The average Bonchev–Trinajstić information content (AvgIpc) is 2.50. The van der Waals surface area contributed by atoms with Crippen LogP contribution in [0.4, 0.5) is 0 Å². The minimum absolute atomic E-state index is 0.278. The van der Waals surface area contributed by atoms with Crippen molar-refractivity contribution in [2.45, 2.75) is 25.8 Å². The molecule has 1 fully saturated rings. The molecule has 1 unspecified atom stereocenters. The van der Waals surface area contributed by atoms with Crippen molar-refractivity contribution in [2.75, 3.05) is 19.6 Å². The highest BCUT2D eigenvalue weighted by Gasteiger charge is 2.31. The molecule has 0 spiro atoms. The molecule has 0 bridgehead atoms. The van der Waals surface area contributed by atoms with Crippen LogP contribution in [0.15, 0.2) is 0 Å². The van der Waals surface area contributed by atoms with Gasteiger partial charge in [-0.05, 0) is 13.0 Å². The Kier molecular flexibility index (Phi) is 3.65. The van der Waals surface area contributed by atoms with Crippen LogP contribution in [0.1, 0.15) is 20.3 Å². The fourth-order valence-corrected chi connectivity index (χ4v) is 2.07. The van der Waals surface area contributed by atoms with Crippen molar-refractivity contribution >= 4 is 12.1 Å². The Balaban J connectivity index is 2.33. The first-order chi connectivity index (χ1) is 5.33. The van der Waals surface area contributed by atoms with Crippen molar-refractivity contribution in [3.05, 3.63) is 0 Å². The van der Waals surface area contributed by atoms with E-state index in [2.05, 4.69) is 28.6 Å². The van der Waals surface area contributed by atoms with Crippen LogP contribution in [0, 0.1) is 0 Å². The van der Waals surface area contributed by atoms with Gasteiger partial charge in [-0.1, -0.05) is 13.8 Å². The summed E-state index contributed by atoms with van der Waals surface area (Å²) >= 11 is 1.62. The van der Waals surface area contributed by atoms with Crippen LogP contribution in [0.25, 0.3) is 0 Å². The zero-order chi connectivity index (χ0) is 8.16. The Morgan fingerprint density at radius 3 is 2.82 bits per heavy atom. The first-order valence-electron chi connectivity index (χ1n) is 4.19. The molecule has 1 saturated heterocycles. The second kappa shape index (κ2) is 4.30. The highest BCUT2D eigenvalue weighted by molar-refractivity contribution is 7.95. The fraction of sp³-hybridized carbons (Fsp3) is 1.00. The second-order valence-electron chi connectivity index (χ2n) is 2.94. The standard InChI is InChI=1S/C7H17N3S/c1-3-7(5-8-4-2)6-9-11-10-7/h8-10H,3-6H2,1-2H3. The summed E-state index contributed by atoms with van der Waals surface area (Å²) in [5, 5.41) is 3.37. The lowest BCUT2D eigenvalue weighted by Crippen LogP contribution is -2.49. The Morgan fingerprint density at radius 1 is 1.55 bits per heavy atom. The molecular weight excluding hydrogens is 158 g/mol. The minimum atomic E-state index is 0.278. The molecular formula is C7H17N3S. The summed E-state index contributed by atoms with van der Waals surface area (Å²) in [6, 6.07) is 0. The third-order valence-corrected chi connectivity index (χ3v) is 2.96. The molecule has 1 aliphatic heterocycles. The van der Waals surface area contributed by atoms with Gasteiger partial charge in [0.15, 0.2) is 0 Å². The molecule has 1 aliphatic rings. The van der Waals surface area contributed by atoms with E-state index < -0.39 is 0 Å². The van der Waals surface area contributed by atoms with Crippen molar-refractivity contribution in [2.24, 2.45) is 0 Å². The van der Waals surface area contributed by atoms with E-state index in [0.29, 0.717) is 0 Å². The second-order valence-corrected chi connectivity index (χ2v) is 3.64. The molecule has 0 radical (unpaired) electrons. The first-order valence-corrected chi connectivity index (χ1v) is 5.01. The number of hydrogen-bond donors (Lipinski definition) is 3. The first kappa shape index (κ1) is 9.32. The largest absolute Gasteiger partial charge is 0.315 e. The number of rotatable bonds is 4. The maximum absolute atomic E-state index is 3.40. The summed E-state index contributed by atoms with van der Waals surface area (Å²) in [6.07, 6.45) is 1.17. The molecule has 1 heterocycles. The summed E-state index contributed by atoms with van der Waals surface area (Å²) in [5.41, 5.74) is 0.278. The molecule has 0 aromatic heterocycles. The van der Waals surface area contributed by atoms with E-state index in [1.807, 2.05) is 0 Å². The molecule has 0 saturated carbocycles. The van der Waals surface area contributed by atoms with E-state index in [4.69, 9.17) is 0 Å². The van der Waals surface area contributed by atoms with Crippen LogP contribution in [0.2, 0.25) is 0 Å². The van der Waals surface area contributed by atoms with Crippen molar-refractivity contribution < 1.29 is 0 Å². The predicted molar refractivity (Wildman–Crippen MR) is 50.3 cm³/mol. The molecule has 0 aromatic carbocycles. The van der Waals surface area contributed by atoms with Crippen LogP contribution in [0.5, 0.6) is 0 Å². The van der Waals surface area contributed by atoms with E-state index in [-0.39, 0.29) is 5.54 Å². The van der Waals surface area contributed by atoms with Gasteiger partial charge in [0.1, 0.15) is 0 Å². The molecule has 0 aromatic rings. The quantitative estimate of drug-likeness (QED) is 0.544. The Bertz CT molecular complexity index is 112. The van der Waals surface area contributed by atoms with Crippen molar-refractivity contribution in [3.8, 4) is 0 Å². The van der Waals surface area contributed by atoms with Crippen LogP contribution < -0.4 is 14.8 Å². The topological polar surface area (TPSA) is 36.1 Å². The maximum atomic E-state index is 3.40. The smallest absolute Gasteiger partial charge is 0.0550 e. The van der Waals surface area contributed by atoms with Crippen LogP contribution >= 0.6 is 12.1 Å². The monoisotopic (exact) mass is 175 g/mol. The lowest BCUT2D eigenvalue weighted by atomic mass is 9.98. The van der Waals surface area contributed by atoms with E-state index in [1.54, 1.807) is 12.1 Å². The molecule has 11 heavy (non-hydrogen) atoms. The highest BCUT2D eigenvalue weighted by Crippen LogP contribution is 2.17. The van der Waals surface area contributed by atoms with Gasteiger partial charge in [-0.25, -0.2) is 9.44 Å². The van der Waals surface area contributed by atoms with Crippen LogP contribution in [-0.2, 0) is 0 Å². The predicted octanol–water partition coefficient (Wildman–Crippen LogP) is 0.501. The zero-order valence-corrected chi connectivity index (χ0v) is 8.05. The van der Waals surface area contributed by atoms with E-state index in [0.717, 1.165) is 19.6 Å². The summed E-state index contributed by atoms with van der Waals surface area (Å²) in [7, 11) is 0. The molecule has 4 heteroatoms.